The highest BCUT2D eigenvalue weighted by molar-refractivity contribution is 5.83. The predicted molar refractivity (Wildman–Crippen MR) is 63.2 cm³/mol. The van der Waals surface area contributed by atoms with Crippen molar-refractivity contribution in [1.82, 2.24) is 0 Å². The van der Waals surface area contributed by atoms with Crippen molar-refractivity contribution in [3.63, 3.8) is 0 Å². The fourth-order valence-corrected chi connectivity index (χ4v) is 1.58. The Kier molecular flexibility index (Phi) is 7.81. The molecule has 0 aliphatic rings. The van der Waals surface area contributed by atoms with E-state index in [1.165, 1.54) is 0 Å². The van der Waals surface area contributed by atoms with Crippen LogP contribution in [0.1, 0.15) is 52.4 Å². The lowest BCUT2D eigenvalue weighted by molar-refractivity contribution is -0.137. The second kappa shape index (κ2) is 8.28. The molecule has 0 aromatic carbocycles. The van der Waals surface area contributed by atoms with E-state index in [0.717, 1.165) is 19.3 Å². The molecule has 3 N–H and O–H groups in total. The van der Waals surface area contributed by atoms with E-state index >= 15 is 0 Å². The van der Waals surface area contributed by atoms with Crippen molar-refractivity contribution >= 4 is 11.8 Å². The highest BCUT2D eigenvalue weighted by Crippen LogP contribution is 2.09. The smallest absolute Gasteiger partial charge is 0.303 e. The molecule has 0 aliphatic carbocycles. The third kappa shape index (κ3) is 8.41. The molecule has 0 heterocycles. The first kappa shape index (κ1) is 15.1. The highest BCUT2D eigenvalue weighted by atomic mass is 16.4. The second-order valence-corrected chi connectivity index (χ2v) is 4.66. The van der Waals surface area contributed by atoms with E-state index in [0.29, 0.717) is 18.8 Å². The zero-order valence-electron chi connectivity index (χ0n) is 10.2. The van der Waals surface area contributed by atoms with Gasteiger partial charge in [-0.2, -0.15) is 0 Å². The highest BCUT2D eigenvalue weighted by Gasteiger charge is 2.14. The van der Waals surface area contributed by atoms with Crippen LogP contribution in [0, 0.1) is 5.92 Å². The molecule has 0 fully saturated rings. The summed E-state index contributed by atoms with van der Waals surface area (Å²) in [6.07, 6.45) is 3.57. The van der Waals surface area contributed by atoms with Gasteiger partial charge in [-0.1, -0.05) is 20.3 Å². The summed E-state index contributed by atoms with van der Waals surface area (Å²) in [4.78, 5) is 21.8. The molecule has 0 saturated heterocycles. The molecule has 0 saturated carbocycles. The zero-order valence-corrected chi connectivity index (χ0v) is 10.2. The van der Waals surface area contributed by atoms with Crippen molar-refractivity contribution in [3.8, 4) is 0 Å². The van der Waals surface area contributed by atoms with E-state index < -0.39 is 5.97 Å². The average molecular weight is 229 g/mol. The second-order valence-electron chi connectivity index (χ2n) is 4.66. The molecule has 94 valence electrons. The molecular formula is C12H23NO3. The van der Waals surface area contributed by atoms with Gasteiger partial charge in [0.25, 0.3) is 0 Å². The van der Waals surface area contributed by atoms with Crippen molar-refractivity contribution in [2.75, 3.05) is 0 Å². The van der Waals surface area contributed by atoms with Crippen LogP contribution in [0.15, 0.2) is 0 Å². The molecule has 0 aromatic rings. The number of hydrogen-bond acceptors (Lipinski definition) is 3. The molecule has 1 atom stereocenters. The van der Waals surface area contributed by atoms with Crippen molar-refractivity contribution in [2.45, 2.75) is 58.4 Å². The van der Waals surface area contributed by atoms with Crippen LogP contribution in [-0.4, -0.2) is 22.9 Å². The minimum Gasteiger partial charge on any atom is -0.481 e. The van der Waals surface area contributed by atoms with Gasteiger partial charge in [-0.15, -0.1) is 0 Å². The van der Waals surface area contributed by atoms with Crippen molar-refractivity contribution in [1.29, 1.82) is 0 Å². The molecule has 0 aliphatic heterocycles. The molecule has 0 aromatic heterocycles. The fourth-order valence-electron chi connectivity index (χ4n) is 1.58. The van der Waals surface area contributed by atoms with Crippen LogP contribution in [0.4, 0.5) is 0 Å². The Labute approximate surface area is 97.2 Å². The van der Waals surface area contributed by atoms with Gasteiger partial charge in [0.1, 0.15) is 5.78 Å². The Balaban J connectivity index is 3.53. The molecule has 4 heteroatoms. The molecule has 0 bridgehead atoms. The molecule has 0 radical (unpaired) electrons. The first-order valence-corrected chi connectivity index (χ1v) is 5.93. The Morgan fingerprint density at radius 3 is 2.19 bits per heavy atom. The maximum atomic E-state index is 11.5. The summed E-state index contributed by atoms with van der Waals surface area (Å²) in [6, 6.07) is -0.348. The molecule has 16 heavy (non-hydrogen) atoms. The number of Topliss-reactive ketones (excluding diaryl/α,β-unsaturated/α-hetero) is 1. The van der Waals surface area contributed by atoms with E-state index in [4.69, 9.17) is 10.8 Å². The van der Waals surface area contributed by atoms with Gasteiger partial charge in [0.2, 0.25) is 0 Å². The SMILES string of the molecule is CC(C)C[C@H](N)C(=O)CCCCCC(=O)O. The predicted octanol–water partition coefficient (Wildman–Crippen LogP) is 1.96. The van der Waals surface area contributed by atoms with Crippen LogP contribution in [-0.2, 0) is 9.59 Å². The van der Waals surface area contributed by atoms with Crippen LogP contribution in [0.5, 0.6) is 0 Å². The maximum absolute atomic E-state index is 11.5. The summed E-state index contributed by atoms with van der Waals surface area (Å²) in [7, 11) is 0. The fraction of sp³-hybridized carbons (Fsp3) is 0.833. The summed E-state index contributed by atoms with van der Waals surface area (Å²) in [5, 5.41) is 8.42. The third-order valence-electron chi connectivity index (χ3n) is 2.45. The summed E-state index contributed by atoms with van der Waals surface area (Å²) in [5.74, 6) is -0.238. The molecule has 0 rings (SSSR count). The van der Waals surface area contributed by atoms with Crippen LogP contribution in [0.25, 0.3) is 0 Å². The number of rotatable bonds is 9. The van der Waals surface area contributed by atoms with E-state index in [2.05, 4.69) is 0 Å². The van der Waals surface area contributed by atoms with Gasteiger partial charge in [0.05, 0.1) is 6.04 Å². The summed E-state index contributed by atoms with van der Waals surface area (Å²) >= 11 is 0. The largest absolute Gasteiger partial charge is 0.481 e. The Morgan fingerprint density at radius 1 is 1.12 bits per heavy atom. The summed E-state index contributed by atoms with van der Waals surface area (Å²) in [6.45, 7) is 4.08. The van der Waals surface area contributed by atoms with Crippen LogP contribution in [0.2, 0.25) is 0 Å². The molecular weight excluding hydrogens is 206 g/mol. The van der Waals surface area contributed by atoms with E-state index in [1.54, 1.807) is 0 Å². The minimum absolute atomic E-state index is 0.101. The third-order valence-corrected chi connectivity index (χ3v) is 2.45. The van der Waals surface area contributed by atoms with E-state index in [1.807, 2.05) is 13.8 Å². The van der Waals surface area contributed by atoms with Crippen LogP contribution >= 0.6 is 0 Å². The first-order valence-electron chi connectivity index (χ1n) is 5.93. The average Bonchev–Trinajstić information content (AvgIpc) is 2.15. The lowest BCUT2D eigenvalue weighted by atomic mass is 9.98. The lowest BCUT2D eigenvalue weighted by Gasteiger charge is -2.12. The van der Waals surface area contributed by atoms with Crippen molar-refractivity contribution < 1.29 is 14.7 Å². The number of aliphatic carboxylic acids is 1. The summed E-state index contributed by atoms with van der Waals surface area (Å²) in [5.41, 5.74) is 5.74. The molecule has 0 spiro atoms. The van der Waals surface area contributed by atoms with Crippen LogP contribution < -0.4 is 5.73 Å². The number of carboxylic acids is 1. The minimum atomic E-state index is -0.775. The number of unbranched alkanes of at least 4 members (excludes halogenated alkanes) is 2. The van der Waals surface area contributed by atoms with Gasteiger partial charge in [-0.3, -0.25) is 9.59 Å². The van der Waals surface area contributed by atoms with E-state index in [-0.39, 0.29) is 18.2 Å². The number of hydrogen-bond donors (Lipinski definition) is 2. The van der Waals surface area contributed by atoms with Crippen molar-refractivity contribution in [3.05, 3.63) is 0 Å². The van der Waals surface area contributed by atoms with Gasteiger partial charge < -0.3 is 10.8 Å². The van der Waals surface area contributed by atoms with E-state index in [9.17, 15) is 9.59 Å². The Morgan fingerprint density at radius 2 is 1.69 bits per heavy atom. The topological polar surface area (TPSA) is 80.4 Å². The number of carboxylic acid groups (broad SMARTS) is 1. The maximum Gasteiger partial charge on any atom is 0.303 e. The zero-order chi connectivity index (χ0) is 12.6. The van der Waals surface area contributed by atoms with Gasteiger partial charge in [0, 0.05) is 12.8 Å². The number of carbonyl (C=O) groups is 2. The van der Waals surface area contributed by atoms with Gasteiger partial charge in [0.15, 0.2) is 0 Å². The number of nitrogens with two attached hydrogens (primary N) is 1. The Bertz CT molecular complexity index is 226. The molecule has 0 amide bonds. The van der Waals surface area contributed by atoms with Gasteiger partial charge >= 0.3 is 5.97 Å². The molecule has 4 nitrogen and oxygen atoms in total. The number of ketones is 1. The number of carbonyl (C=O) groups excluding carboxylic acids is 1. The molecule has 0 unspecified atom stereocenters. The van der Waals surface area contributed by atoms with Crippen molar-refractivity contribution in [2.24, 2.45) is 11.7 Å². The quantitative estimate of drug-likeness (QED) is 0.592. The normalized spacial score (nSPS) is 12.8. The Hall–Kier alpha value is -0.900. The monoisotopic (exact) mass is 229 g/mol. The van der Waals surface area contributed by atoms with Gasteiger partial charge in [-0.05, 0) is 25.2 Å². The standard InChI is InChI=1S/C12H23NO3/c1-9(2)8-10(13)11(14)6-4-3-5-7-12(15)16/h9-10H,3-8,13H2,1-2H3,(H,15,16)/t10-/m0/s1. The first-order chi connectivity index (χ1) is 7.43. The van der Waals surface area contributed by atoms with Gasteiger partial charge in [-0.25, -0.2) is 0 Å². The van der Waals surface area contributed by atoms with Crippen LogP contribution in [0.3, 0.4) is 0 Å². The lowest BCUT2D eigenvalue weighted by Crippen LogP contribution is -2.31. The summed E-state index contributed by atoms with van der Waals surface area (Å²) < 4.78 is 0.